The van der Waals surface area contributed by atoms with E-state index in [2.05, 4.69) is 0 Å². The van der Waals surface area contributed by atoms with E-state index in [0.717, 1.165) is 12.8 Å². The number of carbonyl (C=O) groups excluding carboxylic acids is 2. The van der Waals surface area contributed by atoms with Gasteiger partial charge in [0, 0.05) is 26.6 Å². The maximum Gasteiger partial charge on any atom is 0.305 e. The van der Waals surface area contributed by atoms with Crippen molar-refractivity contribution < 1.29 is 19.5 Å². The van der Waals surface area contributed by atoms with E-state index in [-0.39, 0.29) is 37.4 Å². The van der Waals surface area contributed by atoms with Crippen molar-refractivity contribution in [3.63, 3.8) is 0 Å². The number of carboxylic acid groups (broad SMARTS) is 1. The van der Waals surface area contributed by atoms with Gasteiger partial charge in [0.1, 0.15) is 0 Å². The minimum absolute atomic E-state index is 0.0193. The summed E-state index contributed by atoms with van der Waals surface area (Å²) in [5.74, 6) is -1.26. The molecular weight excluding hydrogens is 224 g/mol. The number of aliphatic carboxylic acids is 1. The van der Waals surface area contributed by atoms with Gasteiger partial charge >= 0.3 is 5.97 Å². The molecule has 0 unspecified atom stereocenters. The standard InChI is InChI=1S/C11H18N2O4/c1-8(14)12(2)7-10(15)13(9-3-4-9)6-5-11(16)17/h9H,3-7H2,1-2H3,(H,16,17). The van der Waals surface area contributed by atoms with Crippen LogP contribution in [0.5, 0.6) is 0 Å². The van der Waals surface area contributed by atoms with Gasteiger partial charge in [-0.25, -0.2) is 0 Å². The molecule has 1 N–H and O–H groups in total. The van der Waals surface area contributed by atoms with Crippen LogP contribution in [-0.2, 0) is 14.4 Å². The molecule has 1 fully saturated rings. The maximum atomic E-state index is 11.9. The average molecular weight is 242 g/mol. The molecule has 0 aliphatic heterocycles. The van der Waals surface area contributed by atoms with Gasteiger partial charge in [0.05, 0.1) is 13.0 Å². The Morgan fingerprint density at radius 3 is 2.29 bits per heavy atom. The lowest BCUT2D eigenvalue weighted by molar-refractivity contribution is -0.141. The van der Waals surface area contributed by atoms with E-state index < -0.39 is 5.97 Å². The van der Waals surface area contributed by atoms with Crippen molar-refractivity contribution in [1.29, 1.82) is 0 Å². The molecule has 17 heavy (non-hydrogen) atoms. The van der Waals surface area contributed by atoms with Crippen molar-refractivity contribution in [3.8, 4) is 0 Å². The van der Waals surface area contributed by atoms with Gasteiger partial charge < -0.3 is 14.9 Å². The average Bonchev–Trinajstić information content (AvgIpc) is 3.01. The van der Waals surface area contributed by atoms with Gasteiger partial charge in [0.25, 0.3) is 0 Å². The summed E-state index contributed by atoms with van der Waals surface area (Å²) in [4.78, 5) is 36.3. The molecular formula is C11H18N2O4. The molecule has 0 atom stereocenters. The number of carboxylic acids is 1. The summed E-state index contributed by atoms with van der Waals surface area (Å²) in [5, 5.41) is 8.61. The van der Waals surface area contributed by atoms with Crippen molar-refractivity contribution in [2.24, 2.45) is 0 Å². The summed E-state index contributed by atoms with van der Waals surface area (Å²) in [6, 6.07) is 0.169. The van der Waals surface area contributed by atoms with Gasteiger partial charge in [-0.05, 0) is 12.8 Å². The first kappa shape index (κ1) is 13.5. The van der Waals surface area contributed by atoms with E-state index in [1.54, 1.807) is 11.9 Å². The second-order valence-electron chi connectivity index (χ2n) is 4.34. The molecule has 0 heterocycles. The molecule has 6 nitrogen and oxygen atoms in total. The minimum Gasteiger partial charge on any atom is -0.481 e. The zero-order valence-electron chi connectivity index (χ0n) is 10.2. The second kappa shape index (κ2) is 5.65. The number of hydrogen-bond acceptors (Lipinski definition) is 3. The smallest absolute Gasteiger partial charge is 0.305 e. The zero-order chi connectivity index (χ0) is 13.0. The zero-order valence-corrected chi connectivity index (χ0v) is 10.2. The Kier molecular flexibility index (Phi) is 4.48. The summed E-state index contributed by atoms with van der Waals surface area (Å²) < 4.78 is 0. The SMILES string of the molecule is CC(=O)N(C)CC(=O)N(CCC(=O)O)C1CC1. The molecule has 1 aliphatic carbocycles. The lowest BCUT2D eigenvalue weighted by atomic mass is 10.3. The molecule has 0 bridgehead atoms. The summed E-state index contributed by atoms with van der Waals surface area (Å²) in [6.07, 6.45) is 1.80. The largest absolute Gasteiger partial charge is 0.481 e. The van der Waals surface area contributed by atoms with Crippen LogP contribution in [0.15, 0.2) is 0 Å². The van der Waals surface area contributed by atoms with Gasteiger partial charge in [-0.15, -0.1) is 0 Å². The van der Waals surface area contributed by atoms with Crippen LogP contribution in [0.2, 0.25) is 0 Å². The van der Waals surface area contributed by atoms with Gasteiger partial charge in [-0.2, -0.15) is 0 Å². The topological polar surface area (TPSA) is 77.9 Å². The van der Waals surface area contributed by atoms with Crippen LogP contribution in [-0.4, -0.2) is 58.9 Å². The Bertz CT molecular complexity index is 325. The molecule has 0 aromatic heterocycles. The number of hydrogen-bond donors (Lipinski definition) is 1. The predicted octanol–water partition coefficient (Wildman–Crippen LogP) is -0.0696. The summed E-state index contributed by atoms with van der Waals surface area (Å²) in [5.41, 5.74) is 0. The highest BCUT2D eigenvalue weighted by Gasteiger charge is 2.32. The molecule has 0 spiro atoms. The number of amides is 2. The van der Waals surface area contributed by atoms with Crippen LogP contribution in [0.4, 0.5) is 0 Å². The van der Waals surface area contributed by atoms with Crippen LogP contribution < -0.4 is 0 Å². The first-order valence-corrected chi connectivity index (χ1v) is 5.64. The molecule has 1 rings (SSSR count). The van der Waals surface area contributed by atoms with E-state index in [1.807, 2.05) is 0 Å². The quantitative estimate of drug-likeness (QED) is 0.707. The molecule has 0 aromatic carbocycles. The van der Waals surface area contributed by atoms with E-state index >= 15 is 0 Å². The van der Waals surface area contributed by atoms with Crippen LogP contribution in [0, 0.1) is 0 Å². The lowest BCUT2D eigenvalue weighted by Gasteiger charge is -2.24. The predicted molar refractivity (Wildman–Crippen MR) is 60.3 cm³/mol. The van der Waals surface area contributed by atoms with Gasteiger partial charge in [0.15, 0.2) is 0 Å². The molecule has 0 radical (unpaired) electrons. The van der Waals surface area contributed by atoms with Gasteiger partial charge in [-0.1, -0.05) is 0 Å². The van der Waals surface area contributed by atoms with Crippen molar-refractivity contribution in [1.82, 2.24) is 9.80 Å². The summed E-state index contributed by atoms with van der Waals surface area (Å²) >= 11 is 0. The monoisotopic (exact) mass is 242 g/mol. The number of likely N-dealkylation sites (N-methyl/N-ethyl adjacent to an activating group) is 1. The van der Waals surface area contributed by atoms with Crippen molar-refractivity contribution in [2.75, 3.05) is 20.1 Å². The Labute approximate surface area is 100 Å². The van der Waals surface area contributed by atoms with E-state index in [1.165, 1.54) is 11.8 Å². The third kappa shape index (κ3) is 4.42. The Balaban J connectivity index is 2.49. The van der Waals surface area contributed by atoms with Crippen LogP contribution in [0.1, 0.15) is 26.2 Å². The highest BCUT2D eigenvalue weighted by Crippen LogP contribution is 2.27. The third-order valence-electron chi connectivity index (χ3n) is 2.78. The molecule has 96 valence electrons. The molecule has 1 aliphatic rings. The number of rotatable bonds is 6. The Morgan fingerprint density at radius 1 is 1.29 bits per heavy atom. The normalized spacial score (nSPS) is 14.2. The van der Waals surface area contributed by atoms with Crippen LogP contribution in [0.3, 0.4) is 0 Å². The fourth-order valence-corrected chi connectivity index (χ4v) is 1.52. The lowest BCUT2D eigenvalue weighted by Crippen LogP contribution is -2.42. The van der Waals surface area contributed by atoms with E-state index in [4.69, 9.17) is 5.11 Å². The number of nitrogens with zero attached hydrogens (tertiary/aromatic N) is 2. The van der Waals surface area contributed by atoms with Crippen LogP contribution >= 0.6 is 0 Å². The van der Waals surface area contributed by atoms with Crippen molar-refractivity contribution in [3.05, 3.63) is 0 Å². The Morgan fingerprint density at radius 2 is 1.88 bits per heavy atom. The van der Waals surface area contributed by atoms with Gasteiger partial charge in [0.2, 0.25) is 11.8 Å². The summed E-state index contributed by atoms with van der Waals surface area (Å²) in [6.45, 7) is 1.64. The van der Waals surface area contributed by atoms with Crippen molar-refractivity contribution in [2.45, 2.75) is 32.2 Å². The second-order valence-corrected chi connectivity index (χ2v) is 4.34. The van der Waals surface area contributed by atoms with Crippen LogP contribution in [0.25, 0.3) is 0 Å². The highest BCUT2D eigenvalue weighted by molar-refractivity contribution is 5.84. The highest BCUT2D eigenvalue weighted by atomic mass is 16.4. The molecule has 2 amide bonds. The van der Waals surface area contributed by atoms with Crippen molar-refractivity contribution >= 4 is 17.8 Å². The van der Waals surface area contributed by atoms with E-state index in [0.29, 0.717) is 0 Å². The maximum absolute atomic E-state index is 11.9. The molecule has 6 heteroatoms. The molecule has 1 saturated carbocycles. The minimum atomic E-state index is -0.914. The Hall–Kier alpha value is -1.59. The fourth-order valence-electron chi connectivity index (χ4n) is 1.52. The number of carbonyl (C=O) groups is 3. The molecule has 0 saturated heterocycles. The third-order valence-corrected chi connectivity index (χ3v) is 2.78. The van der Waals surface area contributed by atoms with E-state index in [9.17, 15) is 14.4 Å². The first-order chi connectivity index (χ1) is 7.91. The fraction of sp³-hybridized carbons (Fsp3) is 0.727. The molecule has 0 aromatic rings. The van der Waals surface area contributed by atoms with Gasteiger partial charge in [-0.3, -0.25) is 14.4 Å². The summed E-state index contributed by atoms with van der Waals surface area (Å²) in [7, 11) is 1.56. The first-order valence-electron chi connectivity index (χ1n) is 5.64.